The Labute approximate surface area is 111 Å². The molecule has 4 unspecified atom stereocenters. The third-order valence-corrected chi connectivity index (χ3v) is 4.26. The molecule has 4 atom stereocenters. The molecule has 0 saturated carbocycles. The van der Waals surface area contributed by atoms with Gasteiger partial charge in [0.1, 0.15) is 6.04 Å². The summed E-state index contributed by atoms with van der Waals surface area (Å²) in [5, 5.41) is 3.03. The SMILES string of the molecule is CNC(CCN1CC(C)CC(C)C1C)C(=O)OC. The molecule has 0 aromatic carbocycles. The van der Waals surface area contributed by atoms with Crippen LogP contribution in [-0.2, 0) is 9.53 Å². The smallest absolute Gasteiger partial charge is 0.322 e. The van der Waals surface area contributed by atoms with Crippen LogP contribution in [0.15, 0.2) is 0 Å². The minimum Gasteiger partial charge on any atom is -0.468 e. The number of ether oxygens (including phenoxy) is 1. The number of hydrogen-bond acceptors (Lipinski definition) is 4. The zero-order valence-electron chi connectivity index (χ0n) is 12.4. The second kappa shape index (κ2) is 7.10. The van der Waals surface area contributed by atoms with Gasteiger partial charge in [-0.2, -0.15) is 0 Å². The number of carbonyl (C=O) groups excluding carboxylic acids is 1. The van der Waals surface area contributed by atoms with Crippen LogP contribution < -0.4 is 5.32 Å². The van der Waals surface area contributed by atoms with Crippen LogP contribution in [0.4, 0.5) is 0 Å². The lowest BCUT2D eigenvalue weighted by molar-refractivity contribution is -0.143. The number of esters is 1. The fourth-order valence-corrected chi connectivity index (χ4v) is 2.94. The lowest BCUT2D eigenvalue weighted by Crippen LogP contribution is -2.48. The van der Waals surface area contributed by atoms with E-state index in [1.165, 1.54) is 13.5 Å². The summed E-state index contributed by atoms with van der Waals surface area (Å²) in [6.07, 6.45) is 2.12. The molecular formula is C14H28N2O2. The second-order valence-electron chi connectivity index (χ2n) is 5.71. The summed E-state index contributed by atoms with van der Waals surface area (Å²) in [5.41, 5.74) is 0. The van der Waals surface area contributed by atoms with Gasteiger partial charge < -0.3 is 15.0 Å². The van der Waals surface area contributed by atoms with Crippen LogP contribution in [0.25, 0.3) is 0 Å². The fraction of sp³-hybridized carbons (Fsp3) is 0.929. The zero-order chi connectivity index (χ0) is 13.7. The topological polar surface area (TPSA) is 41.6 Å². The predicted octanol–water partition coefficient (Wildman–Crippen LogP) is 1.50. The van der Waals surface area contributed by atoms with Gasteiger partial charge in [-0.1, -0.05) is 13.8 Å². The van der Waals surface area contributed by atoms with Crippen LogP contribution in [0.1, 0.15) is 33.6 Å². The maximum atomic E-state index is 11.5. The van der Waals surface area contributed by atoms with Crippen LogP contribution in [0.3, 0.4) is 0 Å². The molecule has 0 aliphatic carbocycles. The molecule has 1 heterocycles. The van der Waals surface area contributed by atoms with E-state index in [0.717, 1.165) is 31.3 Å². The normalized spacial score (nSPS) is 31.1. The summed E-state index contributed by atoms with van der Waals surface area (Å²) < 4.78 is 4.79. The average molecular weight is 256 g/mol. The molecule has 1 aliphatic heterocycles. The predicted molar refractivity (Wildman–Crippen MR) is 73.5 cm³/mol. The number of likely N-dealkylation sites (tertiary alicyclic amines) is 1. The molecule has 0 spiro atoms. The van der Waals surface area contributed by atoms with Gasteiger partial charge in [0.15, 0.2) is 0 Å². The van der Waals surface area contributed by atoms with Crippen molar-refractivity contribution in [3.8, 4) is 0 Å². The third-order valence-electron chi connectivity index (χ3n) is 4.26. The van der Waals surface area contributed by atoms with E-state index in [1.807, 2.05) is 7.05 Å². The van der Waals surface area contributed by atoms with E-state index in [4.69, 9.17) is 4.74 Å². The molecule has 1 rings (SSSR count). The van der Waals surface area contributed by atoms with E-state index >= 15 is 0 Å². The van der Waals surface area contributed by atoms with Gasteiger partial charge >= 0.3 is 5.97 Å². The molecule has 1 aliphatic rings. The van der Waals surface area contributed by atoms with Crippen molar-refractivity contribution >= 4 is 5.97 Å². The van der Waals surface area contributed by atoms with E-state index in [2.05, 4.69) is 31.0 Å². The number of nitrogens with zero attached hydrogens (tertiary/aromatic N) is 1. The minimum absolute atomic E-state index is 0.164. The van der Waals surface area contributed by atoms with Gasteiger partial charge in [-0.25, -0.2) is 0 Å². The molecule has 1 N–H and O–H groups in total. The number of methoxy groups -OCH3 is 1. The summed E-state index contributed by atoms with van der Waals surface area (Å²) in [7, 11) is 3.26. The number of piperidine rings is 1. The molecule has 106 valence electrons. The molecule has 0 aromatic rings. The van der Waals surface area contributed by atoms with E-state index in [0.29, 0.717) is 6.04 Å². The first kappa shape index (κ1) is 15.4. The van der Waals surface area contributed by atoms with Crippen molar-refractivity contribution in [2.45, 2.75) is 45.7 Å². The highest BCUT2D eigenvalue weighted by molar-refractivity contribution is 5.75. The van der Waals surface area contributed by atoms with E-state index in [1.54, 1.807) is 0 Å². The molecule has 0 radical (unpaired) electrons. The van der Waals surface area contributed by atoms with Crippen LogP contribution in [-0.4, -0.2) is 50.2 Å². The van der Waals surface area contributed by atoms with Crippen molar-refractivity contribution in [2.75, 3.05) is 27.2 Å². The Kier molecular flexibility index (Phi) is 6.09. The standard InChI is InChI=1S/C14H28N2O2/c1-10-8-11(2)12(3)16(9-10)7-6-13(15-4)14(17)18-5/h10-13,15H,6-9H2,1-5H3. The molecule has 4 nitrogen and oxygen atoms in total. The molecule has 1 fully saturated rings. The molecule has 0 aromatic heterocycles. The van der Waals surface area contributed by atoms with Gasteiger partial charge in [0.2, 0.25) is 0 Å². The largest absolute Gasteiger partial charge is 0.468 e. The maximum absolute atomic E-state index is 11.5. The van der Waals surface area contributed by atoms with Crippen LogP contribution in [0.2, 0.25) is 0 Å². The number of hydrogen-bond donors (Lipinski definition) is 1. The molecule has 0 amide bonds. The van der Waals surface area contributed by atoms with E-state index < -0.39 is 0 Å². The van der Waals surface area contributed by atoms with Crippen molar-refractivity contribution < 1.29 is 9.53 Å². The average Bonchev–Trinajstić information content (AvgIpc) is 2.35. The van der Waals surface area contributed by atoms with Crippen LogP contribution in [0.5, 0.6) is 0 Å². The highest BCUT2D eigenvalue weighted by Crippen LogP contribution is 2.26. The first-order valence-electron chi connectivity index (χ1n) is 6.98. The number of carbonyl (C=O) groups is 1. The van der Waals surface area contributed by atoms with Gasteiger partial charge in [-0.3, -0.25) is 4.79 Å². The summed E-state index contributed by atoms with van der Waals surface area (Å²) >= 11 is 0. The zero-order valence-corrected chi connectivity index (χ0v) is 12.4. The van der Waals surface area contributed by atoms with Gasteiger partial charge in [-0.15, -0.1) is 0 Å². The summed E-state index contributed by atoms with van der Waals surface area (Å²) in [6.45, 7) is 9.02. The maximum Gasteiger partial charge on any atom is 0.322 e. The first-order valence-corrected chi connectivity index (χ1v) is 6.98. The molecule has 1 saturated heterocycles. The van der Waals surface area contributed by atoms with Crippen molar-refractivity contribution in [1.82, 2.24) is 10.2 Å². The Hall–Kier alpha value is -0.610. The molecule has 0 bridgehead atoms. The molecular weight excluding hydrogens is 228 g/mol. The Bertz CT molecular complexity index is 271. The fourth-order valence-electron chi connectivity index (χ4n) is 2.94. The van der Waals surface area contributed by atoms with Crippen LogP contribution >= 0.6 is 0 Å². The van der Waals surface area contributed by atoms with Gasteiger partial charge in [0.25, 0.3) is 0 Å². The summed E-state index contributed by atoms with van der Waals surface area (Å²) in [4.78, 5) is 14.0. The second-order valence-corrected chi connectivity index (χ2v) is 5.71. The Balaban J connectivity index is 2.48. The van der Waals surface area contributed by atoms with Crippen molar-refractivity contribution in [3.05, 3.63) is 0 Å². The first-order chi connectivity index (χ1) is 8.49. The molecule has 18 heavy (non-hydrogen) atoms. The van der Waals surface area contributed by atoms with Crippen LogP contribution in [0, 0.1) is 11.8 Å². The highest BCUT2D eigenvalue weighted by Gasteiger charge is 2.29. The minimum atomic E-state index is -0.185. The quantitative estimate of drug-likeness (QED) is 0.757. The van der Waals surface area contributed by atoms with Crippen molar-refractivity contribution in [1.29, 1.82) is 0 Å². The van der Waals surface area contributed by atoms with Gasteiger partial charge in [-0.05, 0) is 38.6 Å². The van der Waals surface area contributed by atoms with Gasteiger partial charge in [0, 0.05) is 19.1 Å². The summed E-state index contributed by atoms with van der Waals surface area (Å²) in [6, 6.07) is 0.422. The van der Waals surface area contributed by atoms with Crippen molar-refractivity contribution in [2.24, 2.45) is 11.8 Å². The Morgan fingerprint density at radius 2 is 2.11 bits per heavy atom. The van der Waals surface area contributed by atoms with Gasteiger partial charge in [0.05, 0.1) is 7.11 Å². The summed E-state index contributed by atoms with van der Waals surface area (Å²) in [5.74, 6) is 1.32. The third kappa shape index (κ3) is 3.95. The lowest BCUT2D eigenvalue weighted by atomic mass is 9.86. The lowest BCUT2D eigenvalue weighted by Gasteiger charge is -2.41. The Morgan fingerprint density at radius 3 is 2.67 bits per heavy atom. The number of rotatable bonds is 5. The number of nitrogens with one attached hydrogen (secondary N) is 1. The number of likely N-dealkylation sites (N-methyl/N-ethyl adjacent to an activating group) is 1. The van der Waals surface area contributed by atoms with E-state index in [-0.39, 0.29) is 12.0 Å². The van der Waals surface area contributed by atoms with Crippen molar-refractivity contribution in [3.63, 3.8) is 0 Å². The Morgan fingerprint density at radius 1 is 1.44 bits per heavy atom. The monoisotopic (exact) mass is 256 g/mol. The highest BCUT2D eigenvalue weighted by atomic mass is 16.5. The van der Waals surface area contributed by atoms with E-state index in [9.17, 15) is 4.79 Å². The molecule has 4 heteroatoms.